The fourth-order valence-electron chi connectivity index (χ4n) is 4.11. The van der Waals surface area contributed by atoms with E-state index in [0.717, 1.165) is 16.7 Å². The lowest BCUT2D eigenvalue weighted by molar-refractivity contribution is -0.00705. The van der Waals surface area contributed by atoms with Gasteiger partial charge >= 0.3 is 0 Å². The summed E-state index contributed by atoms with van der Waals surface area (Å²) in [7, 11) is -0.778. The van der Waals surface area contributed by atoms with Crippen molar-refractivity contribution < 1.29 is 17.9 Å². The van der Waals surface area contributed by atoms with Crippen LogP contribution in [0.3, 0.4) is 0 Å². The van der Waals surface area contributed by atoms with Gasteiger partial charge in [0.25, 0.3) is 0 Å². The summed E-state index contributed by atoms with van der Waals surface area (Å²) in [5.41, 5.74) is 1.46. The van der Waals surface area contributed by atoms with E-state index in [1.165, 1.54) is 14.2 Å². The summed E-state index contributed by atoms with van der Waals surface area (Å²) in [5.74, 6) is -0.0534. The molecule has 0 saturated carbocycles. The molecule has 5 heteroatoms. The van der Waals surface area contributed by atoms with E-state index in [4.69, 9.17) is 9.47 Å². The van der Waals surface area contributed by atoms with Crippen molar-refractivity contribution in [2.75, 3.05) is 20.0 Å². The van der Waals surface area contributed by atoms with Crippen LogP contribution in [0.5, 0.6) is 0 Å². The number of methoxy groups -OCH3 is 2. The van der Waals surface area contributed by atoms with Gasteiger partial charge in [0.15, 0.2) is 9.84 Å². The van der Waals surface area contributed by atoms with Crippen LogP contribution in [0.2, 0.25) is 0 Å². The van der Waals surface area contributed by atoms with Crippen molar-refractivity contribution in [2.45, 2.75) is 17.6 Å². The molecular formula is C25H27O4S. The van der Waals surface area contributed by atoms with Crippen LogP contribution in [0.15, 0.2) is 91.0 Å². The van der Waals surface area contributed by atoms with Gasteiger partial charge in [-0.15, -0.1) is 0 Å². The molecule has 0 amide bonds. The zero-order valence-electron chi connectivity index (χ0n) is 17.5. The van der Waals surface area contributed by atoms with Gasteiger partial charge in [-0.25, -0.2) is 8.42 Å². The Balaban J connectivity index is 2.52. The molecule has 3 aromatic rings. The number of benzene rings is 3. The van der Waals surface area contributed by atoms with E-state index in [9.17, 15) is 8.42 Å². The van der Waals surface area contributed by atoms with E-state index in [1.807, 2.05) is 91.0 Å². The average Bonchev–Trinajstić information content (AvgIpc) is 2.81. The monoisotopic (exact) mass is 423 g/mol. The lowest BCUT2D eigenvalue weighted by atomic mass is 9.66. The van der Waals surface area contributed by atoms with E-state index < -0.39 is 20.5 Å². The Morgan fingerprint density at radius 1 is 0.733 bits per heavy atom. The second-order valence-corrected chi connectivity index (χ2v) is 9.34. The lowest BCUT2D eigenvalue weighted by Gasteiger charge is -2.43. The highest BCUT2D eigenvalue weighted by Crippen LogP contribution is 2.48. The lowest BCUT2D eigenvalue weighted by Crippen LogP contribution is -2.51. The fraction of sp³-hybridized carbons (Fsp3) is 0.240. The molecule has 0 N–H and O–H groups in total. The molecule has 0 aliphatic carbocycles. The third kappa shape index (κ3) is 3.93. The van der Waals surface area contributed by atoms with E-state index >= 15 is 0 Å². The van der Waals surface area contributed by atoms with Crippen molar-refractivity contribution in [1.82, 2.24) is 0 Å². The summed E-state index contributed by atoms with van der Waals surface area (Å²) < 4.78 is 38.4. The standard InChI is InChI=1S/C25H27O4S/c1-4-30(26,27)23(24(28-2)29-3)25(20-14-8-5-9-15-20,21-16-10-6-11-17-21)22-18-12-7-13-19-22/h5-19,23H,4H2,1-3H3. The van der Waals surface area contributed by atoms with Crippen LogP contribution in [-0.4, -0.2) is 33.6 Å². The van der Waals surface area contributed by atoms with Crippen molar-refractivity contribution >= 4 is 9.84 Å². The van der Waals surface area contributed by atoms with Crippen LogP contribution in [0.4, 0.5) is 0 Å². The maximum atomic E-state index is 13.6. The van der Waals surface area contributed by atoms with Crippen LogP contribution in [0, 0.1) is 6.29 Å². The minimum atomic E-state index is -3.67. The molecule has 0 saturated heterocycles. The first kappa shape index (κ1) is 22.2. The highest BCUT2D eigenvalue weighted by molar-refractivity contribution is 7.92. The Hall–Kier alpha value is -2.47. The first-order valence-electron chi connectivity index (χ1n) is 9.85. The number of sulfone groups is 1. The van der Waals surface area contributed by atoms with E-state index in [2.05, 4.69) is 0 Å². The highest BCUT2D eigenvalue weighted by Gasteiger charge is 2.54. The maximum absolute atomic E-state index is 13.6. The summed E-state index contributed by atoms with van der Waals surface area (Å²) in [6.07, 6.45) is 0.0633. The molecule has 30 heavy (non-hydrogen) atoms. The molecule has 0 aliphatic rings. The van der Waals surface area contributed by atoms with Crippen molar-refractivity contribution in [3.05, 3.63) is 114 Å². The molecule has 0 heterocycles. The van der Waals surface area contributed by atoms with Gasteiger partial charge in [0.1, 0.15) is 5.25 Å². The molecule has 0 bridgehead atoms. The third-order valence-electron chi connectivity index (χ3n) is 5.46. The highest BCUT2D eigenvalue weighted by atomic mass is 32.2. The third-order valence-corrected chi connectivity index (χ3v) is 7.53. The van der Waals surface area contributed by atoms with Crippen LogP contribution in [0.25, 0.3) is 0 Å². The Bertz CT molecular complexity index is 918. The first-order chi connectivity index (χ1) is 14.5. The summed E-state index contributed by atoms with van der Waals surface area (Å²) in [6, 6.07) is 29.1. The summed E-state index contributed by atoms with van der Waals surface area (Å²) in [5, 5.41) is -1.09. The van der Waals surface area contributed by atoms with Gasteiger partial charge in [-0.05, 0) is 16.7 Å². The Morgan fingerprint density at radius 3 is 1.33 bits per heavy atom. The van der Waals surface area contributed by atoms with Gasteiger partial charge in [0, 0.05) is 20.0 Å². The van der Waals surface area contributed by atoms with Gasteiger partial charge < -0.3 is 9.47 Å². The Kier molecular flexibility index (Phi) is 7.08. The molecule has 4 nitrogen and oxygen atoms in total. The summed E-state index contributed by atoms with van der Waals surface area (Å²) in [6.45, 7) is 1.65. The van der Waals surface area contributed by atoms with E-state index in [-0.39, 0.29) is 12.0 Å². The molecule has 0 spiro atoms. The van der Waals surface area contributed by atoms with E-state index in [1.54, 1.807) is 6.92 Å². The predicted octanol–water partition coefficient (Wildman–Crippen LogP) is 4.61. The van der Waals surface area contributed by atoms with Crippen molar-refractivity contribution in [2.24, 2.45) is 0 Å². The molecule has 0 fully saturated rings. The molecule has 157 valence electrons. The summed E-state index contributed by atoms with van der Waals surface area (Å²) >= 11 is 0. The number of hydrogen-bond donors (Lipinski definition) is 0. The molecule has 1 unspecified atom stereocenters. The fourth-order valence-corrected chi connectivity index (χ4v) is 5.88. The van der Waals surface area contributed by atoms with Crippen LogP contribution in [0.1, 0.15) is 23.6 Å². The average molecular weight is 424 g/mol. The molecule has 0 aromatic heterocycles. The minimum Gasteiger partial charge on any atom is -0.348 e. The Morgan fingerprint density at radius 2 is 1.07 bits per heavy atom. The van der Waals surface area contributed by atoms with Gasteiger partial charge in [-0.3, -0.25) is 0 Å². The zero-order valence-corrected chi connectivity index (χ0v) is 18.3. The van der Waals surface area contributed by atoms with Gasteiger partial charge in [-0.2, -0.15) is 0 Å². The molecule has 3 aromatic carbocycles. The molecule has 1 atom stereocenters. The van der Waals surface area contributed by atoms with Crippen molar-refractivity contribution in [1.29, 1.82) is 0 Å². The van der Waals surface area contributed by atoms with Gasteiger partial charge in [0.05, 0.1) is 5.41 Å². The van der Waals surface area contributed by atoms with Gasteiger partial charge in [0.2, 0.25) is 6.29 Å². The second-order valence-electron chi connectivity index (χ2n) is 6.96. The number of hydrogen-bond acceptors (Lipinski definition) is 4. The molecule has 0 aliphatic heterocycles. The predicted molar refractivity (Wildman–Crippen MR) is 120 cm³/mol. The van der Waals surface area contributed by atoms with Crippen LogP contribution >= 0.6 is 0 Å². The molecular weight excluding hydrogens is 396 g/mol. The van der Waals surface area contributed by atoms with Crippen molar-refractivity contribution in [3.8, 4) is 0 Å². The van der Waals surface area contributed by atoms with Gasteiger partial charge in [-0.1, -0.05) is 97.9 Å². The molecule has 3 rings (SSSR count). The van der Waals surface area contributed by atoms with Crippen LogP contribution < -0.4 is 0 Å². The zero-order chi connectivity index (χ0) is 21.6. The second kappa shape index (κ2) is 9.56. The largest absolute Gasteiger partial charge is 0.348 e. The topological polar surface area (TPSA) is 52.6 Å². The van der Waals surface area contributed by atoms with E-state index in [0.29, 0.717) is 0 Å². The Labute approximate surface area is 179 Å². The molecule has 1 radical (unpaired) electrons. The SMILES string of the molecule is CCS(=O)(=O)C([C](OC)OC)C(c1ccccc1)(c1ccccc1)c1ccccc1. The number of rotatable bonds is 9. The smallest absolute Gasteiger partial charge is 0.243 e. The number of ether oxygens (including phenoxy) is 2. The van der Waals surface area contributed by atoms with Crippen LogP contribution in [-0.2, 0) is 24.7 Å². The maximum Gasteiger partial charge on any atom is 0.243 e. The van der Waals surface area contributed by atoms with Crippen molar-refractivity contribution in [3.63, 3.8) is 0 Å². The normalized spacial score (nSPS) is 13.3. The minimum absolute atomic E-state index is 0.0534. The first-order valence-corrected chi connectivity index (χ1v) is 11.6. The quantitative estimate of drug-likeness (QED) is 0.472. The summed E-state index contributed by atoms with van der Waals surface area (Å²) in [4.78, 5) is 0.